The predicted octanol–water partition coefficient (Wildman–Crippen LogP) is 3.22. The van der Waals surface area contributed by atoms with Crippen molar-refractivity contribution in [1.29, 1.82) is 0 Å². The average molecular weight is 448 g/mol. The maximum Gasteiger partial charge on any atom is 0.338 e. The van der Waals surface area contributed by atoms with Crippen LogP contribution in [0.2, 0.25) is 0 Å². The number of halogens is 1. The van der Waals surface area contributed by atoms with Gasteiger partial charge in [-0.25, -0.2) is 9.18 Å². The standard InChI is InChI=1S/C25H21FN2O5/c1-2-33-23(30)16-10-12-19(13-11-16)27-22(29)15-28-21-9-4-3-8-20(21)25(32,24(28)31)17-6-5-7-18(26)14-17/h3-14,32H,2,15H2,1H3,(H,27,29)/t25-/m0/s1. The summed E-state index contributed by atoms with van der Waals surface area (Å²) in [4.78, 5) is 38.9. The first-order chi connectivity index (χ1) is 15.8. The Bertz CT molecular complexity index is 1230. The monoisotopic (exact) mass is 448 g/mol. The number of carbonyl (C=O) groups is 3. The van der Waals surface area contributed by atoms with Crippen LogP contribution in [-0.2, 0) is 19.9 Å². The second-order valence-corrected chi connectivity index (χ2v) is 7.48. The first-order valence-corrected chi connectivity index (χ1v) is 10.3. The molecule has 0 fully saturated rings. The fraction of sp³-hybridized carbons (Fsp3) is 0.160. The van der Waals surface area contributed by atoms with Gasteiger partial charge in [0.2, 0.25) is 5.91 Å². The van der Waals surface area contributed by atoms with Gasteiger partial charge < -0.3 is 15.2 Å². The van der Waals surface area contributed by atoms with Crippen LogP contribution in [0.5, 0.6) is 0 Å². The van der Waals surface area contributed by atoms with Crippen molar-refractivity contribution in [3.8, 4) is 0 Å². The number of rotatable bonds is 6. The summed E-state index contributed by atoms with van der Waals surface area (Å²) in [7, 11) is 0. The molecule has 0 aromatic heterocycles. The summed E-state index contributed by atoms with van der Waals surface area (Å²) in [5.74, 6) is -2.31. The van der Waals surface area contributed by atoms with Crippen LogP contribution >= 0.6 is 0 Å². The average Bonchev–Trinajstić information content (AvgIpc) is 3.02. The lowest BCUT2D eigenvalue weighted by atomic mass is 9.87. The van der Waals surface area contributed by atoms with Gasteiger partial charge in [-0.2, -0.15) is 0 Å². The number of hydrogen-bond acceptors (Lipinski definition) is 5. The van der Waals surface area contributed by atoms with Gasteiger partial charge in [0, 0.05) is 16.8 Å². The molecule has 2 amide bonds. The Labute approximate surface area is 189 Å². The minimum Gasteiger partial charge on any atom is -0.462 e. The normalized spacial score (nSPS) is 16.9. The van der Waals surface area contributed by atoms with E-state index in [9.17, 15) is 23.9 Å². The first-order valence-electron chi connectivity index (χ1n) is 10.3. The summed E-state index contributed by atoms with van der Waals surface area (Å²) in [5.41, 5.74) is -0.626. The lowest BCUT2D eigenvalue weighted by Gasteiger charge is -2.23. The van der Waals surface area contributed by atoms with Crippen LogP contribution in [0.1, 0.15) is 28.4 Å². The third-order valence-electron chi connectivity index (χ3n) is 5.36. The van der Waals surface area contributed by atoms with Crippen molar-refractivity contribution < 1.29 is 28.6 Å². The summed E-state index contributed by atoms with van der Waals surface area (Å²) in [6, 6.07) is 17.9. The number of anilines is 2. The smallest absolute Gasteiger partial charge is 0.338 e. The number of fused-ring (bicyclic) bond motifs is 1. The number of carbonyl (C=O) groups excluding carboxylic acids is 3. The topological polar surface area (TPSA) is 95.9 Å². The molecule has 0 saturated carbocycles. The van der Waals surface area contributed by atoms with Crippen molar-refractivity contribution in [2.75, 3.05) is 23.4 Å². The highest BCUT2D eigenvalue weighted by atomic mass is 19.1. The quantitative estimate of drug-likeness (QED) is 0.565. The van der Waals surface area contributed by atoms with Crippen LogP contribution < -0.4 is 10.2 Å². The minimum absolute atomic E-state index is 0.0809. The van der Waals surface area contributed by atoms with Crippen molar-refractivity contribution in [2.45, 2.75) is 12.5 Å². The SMILES string of the molecule is CCOC(=O)c1ccc(NC(=O)CN2C(=O)[C@](O)(c3cccc(F)c3)c3ccccc32)cc1. The number of para-hydroxylation sites is 1. The molecular weight excluding hydrogens is 427 g/mol. The predicted molar refractivity (Wildman–Crippen MR) is 119 cm³/mol. The van der Waals surface area contributed by atoms with Crippen LogP contribution in [0.25, 0.3) is 0 Å². The first kappa shape index (κ1) is 22.2. The fourth-order valence-corrected chi connectivity index (χ4v) is 3.83. The number of benzene rings is 3. The molecule has 0 aliphatic carbocycles. The Morgan fingerprint density at radius 3 is 2.48 bits per heavy atom. The maximum absolute atomic E-state index is 13.8. The Morgan fingerprint density at radius 2 is 1.79 bits per heavy atom. The fourth-order valence-electron chi connectivity index (χ4n) is 3.83. The molecule has 7 nitrogen and oxygen atoms in total. The molecule has 8 heteroatoms. The van der Waals surface area contributed by atoms with Crippen LogP contribution in [0.3, 0.4) is 0 Å². The molecule has 168 valence electrons. The highest BCUT2D eigenvalue weighted by molar-refractivity contribution is 6.12. The molecule has 4 rings (SSSR count). The number of hydrogen-bond donors (Lipinski definition) is 2. The van der Waals surface area contributed by atoms with E-state index in [0.717, 1.165) is 6.07 Å². The number of nitrogens with one attached hydrogen (secondary N) is 1. The number of amides is 2. The van der Waals surface area contributed by atoms with E-state index in [-0.39, 0.29) is 24.3 Å². The van der Waals surface area contributed by atoms with E-state index in [1.54, 1.807) is 43.3 Å². The summed E-state index contributed by atoms with van der Waals surface area (Å²) in [6.45, 7) is 1.59. The van der Waals surface area contributed by atoms with Gasteiger partial charge in [0.15, 0.2) is 5.60 Å². The van der Waals surface area contributed by atoms with Gasteiger partial charge in [0.05, 0.1) is 17.9 Å². The lowest BCUT2D eigenvalue weighted by Crippen LogP contribution is -2.44. The summed E-state index contributed by atoms with van der Waals surface area (Å²) in [5, 5.41) is 14.0. The Morgan fingerprint density at radius 1 is 1.06 bits per heavy atom. The van der Waals surface area contributed by atoms with Gasteiger partial charge in [-0.1, -0.05) is 30.3 Å². The molecule has 33 heavy (non-hydrogen) atoms. The largest absolute Gasteiger partial charge is 0.462 e. The van der Waals surface area contributed by atoms with Gasteiger partial charge in [-0.05, 0) is 49.4 Å². The molecule has 0 spiro atoms. The molecule has 1 atom stereocenters. The zero-order valence-electron chi connectivity index (χ0n) is 17.7. The molecule has 2 N–H and O–H groups in total. The van der Waals surface area contributed by atoms with E-state index in [4.69, 9.17) is 4.74 Å². The van der Waals surface area contributed by atoms with Gasteiger partial charge in [0.1, 0.15) is 12.4 Å². The Hall–Kier alpha value is -4.04. The Kier molecular flexibility index (Phi) is 5.93. The molecule has 1 aliphatic heterocycles. The summed E-state index contributed by atoms with van der Waals surface area (Å²) >= 11 is 0. The molecule has 1 heterocycles. The zero-order valence-corrected chi connectivity index (χ0v) is 17.7. The number of ether oxygens (including phenoxy) is 1. The molecule has 3 aromatic carbocycles. The lowest BCUT2D eigenvalue weighted by molar-refractivity contribution is -0.133. The van der Waals surface area contributed by atoms with Crippen molar-refractivity contribution >= 4 is 29.2 Å². The highest BCUT2D eigenvalue weighted by Gasteiger charge is 2.51. The maximum atomic E-state index is 13.8. The van der Waals surface area contributed by atoms with E-state index in [0.29, 0.717) is 16.9 Å². The number of nitrogens with zero attached hydrogens (tertiary/aromatic N) is 1. The molecule has 1 aliphatic rings. The molecule has 3 aromatic rings. The number of aliphatic hydroxyl groups is 1. The van der Waals surface area contributed by atoms with Gasteiger partial charge in [-0.3, -0.25) is 14.5 Å². The van der Waals surface area contributed by atoms with E-state index in [2.05, 4.69) is 5.32 Å². The Balaban J connectivity index is 1.55. The van der Waals surface area contributed by atoms with Gasteiger partial charge in [0.25, 0.3) is 5.91 Å². The van der Waals surface area contributed by atoms with Gasteiger partial charge in [-0.15, -0.1) is 0 Å². The second-order valence-electron chi connectivity index (χ2n) is 7.48. The molecule has 0 radical (unpaired) electrons. The van der Waals surface area contributed by atoms with E-state index in [1.807, 2.05) is 0 Å². The van der Waals surface area contributed by atoms with E-state index in [1.165, 1.54) is 35.2 Å². The number of esters is 1. The van der Waals surface area contributed by atoms with Crippen molar-refractivity contribution in [2.24, 2.45) is 0 Å². The van der Waals surface area contributed by atoms with Crippen LogP contribution in [0, 0.1) is 5.82 Å². The van der Waals surface area contributed by atoms with Crippen LogP contribution in [0.15, 0.2) is 72.8 Å². The van der Waals surface area contributed by atoms with E-state index >= 15 is 0 Å². The van der Waals surface area contributed by atoms with Crippen molar-refractivity contribution in [1.82, 2.24) is 0 Å². The van der Waals surface area contributed by atoms with Crippen LogP contribution in [0.4, 0.5) is 15.8 Å². The summed E-state index contributed by atoms with van der Waals surface area (Å²) < 4.78 is 18.8. The second kappa shape index (κ2) is 8.84. The van der Waals surface area contributed by atoms with Crippen molar-refractivity contribution in [3.05, 3.63) is 95.3 Å². The third kappa shape index (κ3) is 4.08. The minimum atomic E-state index is -2.11. The van der Waals surface area contributed by atoms with Crippen molar-refractivity contribution in [3.63, 3.8) is 0 Å². The summed E-state index contributed by atoms with van der Waals surface area (Å²) in [6.07, 6.45) is 0. The molecular formula is C25H21FN2O5. The third-order valence-corrected chi connectivity index (χ3v) is 5.36. The molecule has 0 saturated heterocycles. The molecule has 0 unspecified atom stereocenters. The molecule has 0 bridgehead atoms. The van der Waals surface area contributed by atoms with E-state index < -0.39 is 29.2 Å². The van der Waals surface area contributed by atoms with Crippen LogP contribution in [-0.4, -0.2) is 36.0 Å². The van der Waals surface area contributed by atoms with Gasteiger partial charge >= 0.3 is 5.97 Å². The zero-order chi connectivity index (χ0) is 23.6. The highest BCUT2D eigenvalue weighted by Crippen LogP contribution is 2.44.